The largest absolute Gasteiger partial charge is 0.338 e. The van der Waals surface area contributed by atoms with E-state index in [9.17, 15) is 0 Å². The molecule has 6 heteroatoms. The van der Waals surface area contributed by atoms with Gasteiger partial charge in [0.1, 0.15) is 0 Å². The van der Waals surface area contributed by atoms with Gasteiger partial charge in [0, 0.05) is 6.04 Å². The van der Waals surface area contributed by atoms with Crippen molar-refractivity contribution in [2.45, 2.75) is 58.7 Å². The van der Waals surface area contributed by atoms with E-state index in [1.807, 2.05) is 0 Å². The fourth-order valence-electron chi connectivity index (χ4n) is 2.61. The molecular weight excluding hydrogens is 264 g/mol. The van der Waals surface area contributed by atoms with Gasteiger partial charge >= 0.3 is 0 Å². The molecule has 1 aliphatic carbocycles. The van der Waals surface area contributed by atoms with Crippen LogP contribution in [0.5, 0.6) is 0 Å². The summed E-state index contributed by atoms with van der Waals surface area (Å²) in [5, 5.41) is 3.94. The second-order valence-corrected chi connectivity index (χ2v) is 6.12. The first-order valence-electron chi connectivity index (χ1n) is 6.72. The number of hydrogen-bond acceptors (Lipinski definition) is 5. The van der Waals surface area contributed by atoms with Gasteiger partial charge in [-0.05, 0) is 38.1 Å². The molecule has 1 saturated carbocycles. The zero-order chi connectivity index (χ0) is 13.2. The summed E-state index contributed by atoms with van der Waals surface area (Å²) in [5.41, 5.74) is 5.97. The van der Waals surface area contributed by atoms with Crippen molar-refractivity contribution in [3.05, 3.63) is 11.7 Å². The lowest BCUT2D eigenvalue weighted by Gasteiger charge is -2.38. The minimum absolute atomic E-state index is 0. The number of rotatable bonds is 4. The normalized spacial score (nSPS) is 19.4. The predicted octanol–water partition coefficient (Wildman–Crippen LogP) is 2.35. The van der Waals surface area contributed by atoms with Crippen molar-refractivity contribution in [2.24, 2.45) is 11.1 Å². The van der Waals surface area contributed by atoms with E-state index >= 15 is 0 Å². The summed E-state index contributed by atoms with van der Waals surface area (Å²) in [5.74, 6) is 1.26. The first kappa shape index (κ1) is 16.4. The second kappa shape index (κ2) is 6.68. The Labute approximate surface area is 121 Å². The van der Waals surface area contributed by atoms with E-state index in [2.05, 4.69) is 35.9 Å². The third-order valence-electron chi connectivity index (χ3n) is 4.01. The molecule has 2 N–H and O–H groups in total. The van der Waals surface area contributed by atoms with Gasteiger partial charge in [0.15, 0.2) is 5.82 Å². The standard InChI is InChI=1S/C13H24N4O.ClH/c1-13(2)6-4-10(5-7-13)17(3)9-11-15-12(8-14)18-16-11;/h10H,4-9,14H2,1-3H3;1H. The Morgan fingerprint density at radius 2 is 2.00 bits per heavy atom. The van der Waals surface area contributed by atoms with Crippen LogP contribution >= 0.6 is 12.4 Å². The van der Waals surface area contributed by atoms with Crippen molar-refractivity contribution in [2.75, 3.05) is 7.05 Å². The van der Waals surface area contributed by atoms with Crippen molar-refractivity contribution in [3.63, 3.8) is 0 Å². The molecule has 2 rings (SSSR count). The van der Waals surface area contributed by atoms with Gasteiger partial charge in [-0.15, -0.1) is 12.4 Å². The number of nitrogens with two attached hydrogens (primary N) is 1. The molecule has 110 valence electrons. The van der Waals surface area contributed by atoms with Gasteiger partial charge in [-0.2, -0.15) is 4.98 Å². The Bertz CT molecular complexity index is 384. The van der Waals surface area contributed by atoms with Crippen molar-refractivity contribution in [1.29, 1.82) is 0 Å². The summed E-state index contributed by atoms with van der Waals surface area (Å²) >= 11 is 0. The van der Waals surface area contributed by atoms with Crippen molar-refractivity contribution in [1.82, 2.24) is 15.0 Å². The van der Waals surface area contributed by atoms with Crippen LogP contribution < -0.4 is 5.73 Å². The minimum Gasteiger partial charge on any atom is -0.338 e. The third-order valence-corrected chi connectivity index (χ3v) is 4.01. The van der Waals surface area contributed by atoms with E-state index < -0.39 is 0 Å². The third kappa shape index (κ3) is 4.44. The molecule has 0 unspecified atom stereocenters. The van der Waals surface area contributed by atoms with Gasteiger partial charge < -0.3 is 10.3 Å². The first-order chi connectivity index (χ1) is 8.50. The quantitative estimate of drug-likeness (QED) is 0.921. The zero-order valence-electron chi connectivity index (χ0n) is 12.1. The first-order valence-corrected chi connectivity index (χ1v) is 6.72. The van der Waals surface area contributed by atoms with Gasteiger partial charge in [0.25, 0.3) is 0 Å². The van der Waals surface area contributed by atoms with Crippen LogP contribution in [0.3, 0.4) is 0 Å². The molecule has 0 amide bonds. The summed E-state index contributed by atoms with van der Waals surface area (Å²) in [6.45, 7) is 5.77. The minimum atomic E-state index is 0. The SMILES string of the molecule is CN(Cc1noc(CN)n1)C1CCC(C)(C)CC1.Cl. The number of hydrogen-bond donors (Lipinski definition) is 1. The van der Waals surface area contributed by atoms with Crippen LogP contribution in [0.25, 0.3) is 0 Å². The van der Waals surface area contributed by atoms with Crippen molar-refractivity contribution in [3.8, 4) is 0 Å². The average molecular weight is 289 g/mol. The highest BCUT2D eigenvalue weighted by molar-refractivity contribution is 5.85. The second-order valence-electron chi connectivity index (χ2n) is 6.12. The molecule has 0 aromatic carbocycles. The molecule has 1 heterocycles. The lowest BCUT2D eigenvalue weighted by molar-refractivity contribution is 0.120. The topological polar surface area (TPSA) is 68.2 Å². The summed E-state index contributed by atoms with van der Waals surface area (Å²) in [4.78, 5) is 6.58. The monoisotopic (exact) mass is 288 g/mol. The smallest absolute Gasteiger partial charge is 0.240 e. The average Bonchev–Trinajstić information content (AvgIpc) is 2.76. The maximum absolute atomic E-state index is 5.46. The van der Waals surface area contributed by atoms with Crippen LogP contribution in [0.1, 0.15) is 51.2 Å². The maximum Gasteiger partial charge on any atom is 0.240 e. The van der Waals surface area contributed by atoms with Gasteiger partial charge in [-0.3, -0.25) is 4.90 Å². The summed E-state index contributed by atoms with van der Waals surface area (Å²) < 4.78 is 5.02. The Hall–Kier alpha value is -0.650. The lowest BCUT2D eigenvalue weighted by Crippen LogP contribution is -2.37. The highest BCUT2D eigenvalue weighted by atomic mass is 35.5. The molecule has 1 aromatic heterocycles. The molecule has 0 saturated heterocycles. The summed E-state index contributed by atoms with van der Waals surface area (Å²) in [6, 6.07) is 0.637. The Morgan fingerprint density at radius 1 is 1.37 bits per heavy atom. The molecule has 1 aliphatic rings. The number of halogens is 1. The molecule has 1 fully saturated rings. The molecular formula is C13H25ClN4O. The van der Waals surface area contributed by atoms with Crippen molar-refractivity contribution >= 4 is 12.4 Å². The highest BCUT2D eigenvalue weighted by Crippen LogP contribution is 2.36. The van der Waals surface area contributed by atoms with Gasteiger partial charge in [0.2, 0.25) is 5.89 Å². The molecule has 0 spiro atoms. The van der Waals surface area contributed by atoms with E-state index in [1.54, 1.807) is 0 Å². The lowest BCUT2D eigenvalue weighted by atomic mass is 9.75. The van der Waals surface area contributed by atoms with E-state index in [1.165, 1.54) is 25.7 Å². The van der Waals surface area contributed by atoms with E-state index in [0.29, 0.717) is 23.9 Å². The van der Waals surface area contributed by atoms with Crippen LogP contribution in [-0.2, 0) is 13.1 Å². The van der Waals surface area contributed by atoms with Crippen LogP contribution in [0.15, 0.2) is 4.52 Å². The molecule has 0 aliphatic heterocycles. The van der Waals surface area contributed by atoms with Gasteiger partial charge in [0.05, 0.1) is 13.1 Å². The highest BCUT2D eigenvalue weighted by Gasteiger charge is 2.29. The summed E-state index contributed by atoms with van der Waals surface area (Å²) in [7, 11) is 2.14. The fourth-order valence-corrected chi connectivity index (χ4v) is 2.61. The van der Waals surface area contributed by atoms with Gasteiger partial charge in [-0.25, -0.2) is 0 Å². The molecule has 0 radical (unpaired) electrons. The van der Waals surface area contributed by atoms with Crippen LogP contribution in [0, 0.1) is 5.41 Å². The van der Waals surface area contributed by atoms with E-state index in [0.717, 1.165) is 12.4 Å². The number of nitrogens with zero attached hydrogens (tertiary/aromatic N) is 3. The van der Waals surface area contributed by atoms with E-state index in [-0.39, 0.29) is 12.4 Å². The molecule has 1 aromatic rings. The van der Waals surface area contributed by atoms with Gasteiger partial charge in [-0.1, -0.05) is 19.0 Å². The van der Waals surface area contributed by atoms with Crippen LogP contribution in [0.4, 0.5) is 0 Å². The van der Waals surface area contributed by atoms with E-state index in [4.69, 9.17) is 10.3 Å². The summed E-state index contributed by atoms with van der Waals surface area (Å²) in [6.07, 6.45) is 5.10. The Kier molecular flexibility index (Phi) is 5.77. The maximum atomic E-state index is 5.46. The fraction of sp³-hybridized carbons (Fsp3) is 0.846. The predicted molar refractivity (Wildman–Crippen MR) is 76.9 cm³/mol. The molecule has 19 heavy (non-hydrogen) atoms. The number of aromatic nitrogens is 2. The van der Waals surface area contributed by atoms with Crippen LogP contribution in [-0.4, -0.2) is 28.1 Å². The molecule has 5 nitrogen and oxygen atoms in total. The zero-order valence-corrected chi connectivity index (χ0v) is 12.9. The molecule has 0 bridgehead atoms. The Balaban J connectivity index is 0.00000180. The van der Waals surface area contributed by atoms with Crippen molar-refractivity contribution < 1.29 is 4.52 Å². The molecule has 0 atom stereocenters. The van der Waals surface area contributed by atoms with Crippen LogP contribution in [0.2, 0.25) is 0 Å². The Morgan fingerprint density at radius 3 is 2.53 bits per heavy atom.